The molecule has 1 aromatic carbocycles. The molecule has 3 heterocycles. The summed E-state index contributed by atoms with van der Waals surface area (Å²) in [7, 11) is -3.54. The molecule has 0 atom stereocenters. The highest BCUT2D eigenvalue weighted by Crippen LogP contribution is 2.27. The van der Waals surface area contributed by atoms with Crippen LogP contribution in [0.2, 0.25) is 0 Å². The summed E-state index contributed by atoms with van der Waals surface area (Å²) in [5.41, 5.74) is 1.58. The topological polar surface area (TPSA) is 67.6 Å². The van der Waals surface area contributed by atoms with Crippen molar-refractivity contribution in [1.29, 1.82) is 0 Å². The van der Waals surface area contributed by atoms with E-state index in [1.165, 1.54) is 5.56 Å². The molecule has 0 amide bonds. The molecule has 0 bridgehead atoms. The predicted octanol–water partition coefficient (Wildman–Crippen LogP) is 3.20. The van der Waals surface area contributed by atoms with Crippen LogP contribution in [0.25, 0.3) is 5.65 Å². The molecular weight excluding hydrogens is 368 g/mol. The molecule has 0 unspecified atom stereocenters. The van der Waals surface area contributed by atoms with E-state index in [1.807, 2.05) is 24.4 Å². The number of sulfonamides is 1. The smallest absolute Gasteiger partial charge is 0.246 e. The zero-order valence-corrected chi connectivity index (χ0v) is 15.9. The highest BCUT2D eigenvalue weighted by Gasteiger charge is 2.29. The summed E-state index contributed by atoms with van der Waals surface area (Å²) in [4.78, 5) is 0.237. The minimum absolute atomic E-state index is 0.237. The molecule has 1 aliphatic rings. The van der Waals surface area contributed by atoms with Gasteiger partial charge in [0.15, 0.2) is 10.8 Å². The Morgan fingerprint density at radius 3 is 2.50 bits per heavy atom. The highest BCUT2D eigenvalue weighted by atomic mass is 32.2. The molecule has 3 aromatic rings. The van der Waals surface area contributed by atoms with Crippen LogP contribution < -0.4 is 0 Å². The lowest BCUT2D eigenvalue weighted by atomic mass is 10.2. The van der Waals surface area contributed by atoms with Crippen molar-refractivity contribution in [2.75, 3.05) is 13.1 Å². The standard InChI is InChI=1S/C18H20N4O2S2/c23-26(24,21-11-5-2-6-12-21)16-10-7-13-22-17(16)19-20-18(22)25-14-15-8-3-1-4-9-15/h1,3-4,7-10,13H,2,5-6,11-12,14H2. The van der Waals surface area contributed by atoms with Crippen molar-refractivity contribution in [3.8, 4) is 0 Å². The largest absolute Gasteiger partial charge is 0.276 e. The molecule has 26 heavy (non-hydrogen) atoms. The fourth-order valence-corrected chi connectivity index (χ4v) is 5.65. The van der Waals surface area contributed by atoms with Crippen molar-refractivity contribution in [1.82, 2.24) is 18.9 Å². The first kappa shape index (κ1) is 17.5. The normalized spacial score (nSPS) is 16.2. The molecule has 4 rings (SSSR count). The van der Waals surface area contributed by atoms with Gasteiger partial charge in [0, 0.05) is 25.0 Å². The van der Waals surface area contributed by atoms with E-state index in [9.17, 15) is 8.42 Å². The van der Waals surface area contributed by atoms with E-state index in [1.54, 1.807) is 32.6 Å². The van der Waals surface area contributed by atoms with E-state index >= 15 is 0 Å². The number of rotatable bonds is 5. The fraction of sp³-hybridized carbons (Fsp3) is 0.333. The number of hydrogen-bond donors (Lipinski definition) is 0. The minimum Gasteiger partial charge on any atom is -0.276 e. The van der Waals surface area contributed by atoms with Gasteiger partial charge in [-0.05, 0) is 30.5 Å². The summed E-state index contributed by atoms with van der Waals surface area (Å²) < 4.78 is 29.4. The summed E-state index contributed by atoms with van der Waals surface area (Å²) in [6.07, 6.45) is 4.72. The second kappa shape index (κ2) is 7.38. The molecule has 6 nitrogen and oxygen atoms in total. The highest BCUT2D eigenvalue weighted by molar-refractivity contribution is 7.98. The first-order chi connectivity index (χ1) is 12.7. The summed E-state index contributed by atoms with van der Waals surface area (Å²) >= 11 is 1.55. The van der Waals surface area contributed by atoms with Gasteiger partial charge in [-0.2, -0.15) is 4.31 Å². The van der Waals surface area contributed by atoms with Gasteiger partial charge >= 0.3 is 0 Å². The lowest BCUT2D eigenvalue weighted by Crippen LogP contribution is -2.35. The summed E-state index contributed by atoms with van der Waals surface area (Å²) in [6.45, 7) is 1.15. The van der Waals surface area contributed by atoms with Gasteiger partial charge in [0.05, 0.1) is 0 Å². The van der Waals surface area contributed by atoms with Crippen molar-refractivity contribution in [3.05, 3.63) is 54.2 Å². The predicted molar refractivity (Wildman–Crippen MR) is 102 cm³/mol. The van der Waals surface area contributed by atoms with Crippen molar-refractivity contribution >= 4 is 27.4 Å². The molecular formula is C18H20N4O2S2. The number of nitrogens with zero attached hydrogens (tertiary/aromatic N) is 4. The Bertz CT molecular complexity index is 996. The van der Waals surface area contributed by atoms with Gasteiger partial charge in [0.25, 0.3) is 0 Å². The second-order valence-electron chi connectivity index (χ2n) is 6.29. The van der Waals surface area contributed by atoms with Crippen LogP contribution in [0.1, 0.15) is 24.8 Å². The third-order valence-electron chi connectivity index (χ3n) is 4.51. The van der Waals surface area contributed by atoms with Gasteiger partial charge < -0.3 is 0 Å². The van der Waals surface area contributed by atoms with E-state index < -0.39 is 10.0 Å². The van der Waals surface area contributed by atoms with Crippen molar-refractivity contribution in [3.63, 3.8) is 0 Å². The van der Waals surface area contributed by atoms with Crippen LogP contribution >= 0.6 is 11.8 Å². The number of thioether (sulfide) groups is 1. The monoisotopic (exact) mass is 388 g/mol. The van der Waals surface area contributed by atoms with Gasteiger partial charge in [-0.15, -0.1) is 10.2 Å². The zero-order chi connectivity index (χ0) is 18.0. The molecule has 0 radical (unpaired) electrons. The number of pyridine rings is 1. The maximum absolute atomic E-state index is 13.0. The quantitative estimate of drug-likeness (QED) is 0.628. The number of fused-ring (bicyclic) bond motifs is 1. The lowest BCUT2D eigenvalue weighted by molar-refractivity contribution is 0.347. The molecule has 0 spiro atoms. The van der Waals surface area contributed by atoms with Crippen LogP contribution in [-0.4, -0.2) is 40.4 Å². The fourth-order valence-electron chi connectivity index (χ4n) is 3.14. The molecule has 136 valence electrons. The van der Waals surface area contributed by atoms with Gasteiger partial charge in [0.2, 0.25) is 10.0 Å². The summed E-state index contributed by atoms with van der Waals surface area (Å²) in [5.74, 6) is 0.755. The Kier molecular flexibility index (Phi) is 4.97. The van der Waals surface area contributed by atoms with Crippen LogP contribution in [0, 0.1) is 0 Å². The second-order valence-corrected chi connectivity index (χ2v) is 9.14. The zero-order valence-electron chi connectivity index (χ0n) is 14.3. The van der Waals surface area contributed by atoms with E-state index in [4.69, 9.17) is 0 Å². The molecule has 1 aliphatic heterocycles. The average Bonchev–Trinajstić information content (AvgIpc) is 3.11. The van der Waals surface area contributed by atoms with Gasteiger partial charge in [-0.1, -0.05) is 48.5 Å². The summed E-state index contributed by atoms with van der Waals surface area (Å²) in [6, 6.07) is 13.5. The molecule has 1 fully saturated rings. The van der Waals surface area contributed by atoms with Crippen molar-refractivity contribution in [2.24, 2.45) is 0 Å². The van der Waals surface area contributed by atoms with E-state index in [0.29, 0.717) is 23.9 Å². The molecule has 8 heteroatoms. The molecule has 0 aliphatic carbocycles. The molecule has 0 N–H and O–H groups in total. The van der Waals surface area contributed by atoms with Crippen molar-refractivity contribution < 1.29 is 8.42 Å². The SMILES string of the molecule is O=S(=O)(c1cccn2c(SCc3ccccc3)nnc12)N1CCCCC1. The van der Waals surface area contributed by atoms with Crippen LogP contribution in [-0.2, 0) is 15.8 Å². The Morgan fingerprint density at radius 2 is 1.73 bits per heavy atom. The average molecular weight is 389 g/mol. The number of hydrogen-bond acceptors (Lipinski definition) is 5. The first-order valence-electron chi connectivity index (χ1n) is 8.67. The van der Waals surface area contributed by atoms with E-state index in [2.05, 4.69) is 22.3 Å². The third-order valence-corrected chi connectivity index (χ3v) is 7.44. The Labute approximate surface area is 157 Å². The molecule has 0 saturated carbocycles. The number of piperidine rings is 1. The first-order valence-corrected chi connectivity index (χ1v) is 11.1. The number of aromatic nitrogens is 3. The van der Waals surface area contributed by atoms with E-state index in [0.717, 1.165) is 25.0 Å². The van der Waals surface area contributed by atoms with Gasteiger partial charge in [-0.25, -0.2) is 8.42 Å². The molecule has 1 saturated heterocycles. The third kappa shape index (κ3) is 3.36. The Balaban J connectivity index is 1.64. The maximum atomic E-state index is 13.0. The summed E-state index contributed by atoms with van der Waals surface area (Å²) in [5, 5.41) is 9.09. The van der Waals surface area contributed by atoms with Gasteiger partial charge in [0.1, 0.15) is 4.90 Å². The van der Waals surface area contributed by atoms with Crippen molar-refractivity contribution in [2.45, 2.75) is 35.1 Å². The van der Waals surface area contributed by atoms with Crippen LogP contribution in [0.4, 0.5) is 0 Å². The Morgan fingerprint density at radius 1 is 0.962 bits per heavy atom. The van der Waals surface area contributed by atoms with Crippen LogP contribution in [0.3, 0.4) is 0 Å². The Hall–Kier alpha value is -1.90. The minimum atomic E-state index is -3.54. The van der Waals surface area contributed by atoms with Crippen LogP contribution in [0.15, 0.2) is 58.7 Å². The maximum Gasteiger partial charge on any atom is 0.246 e. The lowest BCUT2D eigenvalue weighted by Gasteiger charge is -2.25. The van der Waals surface area contributed by atoms with Gasteiger partial charge in [-0.3, -0.25) is 4.40 Å². The van der Waals surface area contributed by atoms with Crippen LogP contribution in [0.5, 0.6) is 0 Å². The molecule has 2 aromatic heterocycles. The van der Waals surface area contributed by atoms with E-state index in [-0.39, 0.29) is 4.90 Å². The number of benzene rings is 1.